The van der Waals surface area contributed by atoms with Crippen molar-refractivity contribution in [1.29, 1.82) is 0 Å². The van der Waals surface area contributed by atoms with E-state index in [0.29, 0.717) is 11.6 Å². The summed E-state index contributed by atoms with van der Waals surface area (Å²) in [6.07, 6.45) is 0.397. The molecule has 1 aromatic rings. The molecule has 3 nitrogen and oxygen atoms in total. The summed E-state index contributed by atoms with van der Waals surface area (Å²) in [6, 6.07) is 0. The topological polar surface area (TPSA) is 56.0 Å². The first-order valence-corrected chi connectivity index (χ1v) is 4.76. The Morgan fingerprint density at radius 3 is 2.58 bits per heavy atom. The van der Waals surface area contributed by atoms with Crippen LogP contribution in [0.2, 0.25) is 0 Å². The standard InChI is InChI=1S/C6H8N2OS.C2H6/c1-4(9)2-5-3-10-6(7)8-5;1-2/h3H,2H2,1H3,(H2,7,8);1-2H3. The van der Waals surface area contributed by atoms with Gasteiger partial charge in [-0.2, -0.15) is 0 Å². The average Bonchev–Trinajstić information content (AvgIpc) is 2.39. The molecular formula is C8H14N2OS. The summed E-state index contributed by atoms with van der Waals surface area (Å²) in [7, 11) is 0. The molecule has 0 bridgehead atoms. The van der Waals surface area contributed by atoms with Gasteiger partial charge in [-0.1, -0.05) is 13.8 Å². The van der Waals surface area contributed by atoms with Gasteiger partial charge in [0.1, 0.15) is 5.78 Å². The number of carbonyl (C=O) groups is 1. The van der Waals surface area contributed by atoms with E-state index in [9.17, 15) is 4.79 Å². The Hall–Kier alpha value is -0.900. The zero-order valence-corrected chi connectivity index (χ0v) is 8.44. The molecular weight excluding hydrogens is 172 g/mol. The van der Waals surface area contributed by atoms with Crippen molar-refractivity contribution in [2.24, 2.45) is 0 Å². The minimum absolute atomic E-state index is 0.116. The smallest absolute Gasteiger partial charge is 0.180 e. The van der Waals surface area contributed by atoms with Crippen LogP contribution in [0.25, 0.3) is 0 Å². The molecule has 0 aliphatic heterocycles. The number of rotatable bonds is 2. The first-order valence-electron chi connectivity index (χ1n) is 3.88. The fourth-order valence-corrected chi connectivity index (χ4v) is 1.22. The Morgan fingerprint density at radius 1 is 1.67 bits per heavy atom. The molecule has 0 aliphatic carbocycles. The largest absolute Gasteiger partial charge is 0.375 e. The lowest BCUT2D eigenvalue weighted by atomic mass is 10.3. The third kappa shape index (κ3) is 4.08. The van der Waals surface area contributed by atoms with Gasteiger partial charge in [-0.25, -0.2) is 4.98 Å². The second kappa shape index (κ2) is 5.71. The van der Waals surface area contributed by atoms with Crippen molar-refractivity contribution in [2.45, 2.75) is 27.2 Å². The number of ketones is 1. The average molecular weight is 186 g/mol. The van der Waals surface area contributed by atoms with Gasteiger partial charge in [0.25, 0.3) is 0 Å². The third-order valence-electron chi connectivity index (χ3n) is 1.000. The fourth-order valence-electron chi connectivity index (χ4n) is 0.659. The van der Waals surface area contributed by atoms with E-state index in [1.807, 2.05) is 13.8 Å². The molecule has 0 saturated carbocycles. The summed E-state index contributed by atoms with van der Waals surface area (Å²) in [5.41, 5.74) is 6.12. The van der Waals surface area contributed by atoms with Gasteiger partial charge in [0.15, 0.2) is 5.13 Å². The van der Waals surface area contributed by atoms with Crippen LogP contribution in [0.15, 0.2) is 5.38 Å². The highest BCUT2D eigenvalue weighted by Crippen LogP contribution is 2.11. The molecule has 2 N–H and O–H groups in total. The molecule has 0 atom stereocenters. The number of carbonyl (C=O) groups excluding carboxylic acids is 1. The third-order valence-corrected chi connectivity index (χ3v) is 1.72. The SMILES string of the molecule is CC.CC(=O)Cc1csc(N)n1. The van der Waals surface area contributed by atoms with E-state index in [-0.39, 0.29) is 5.78 Å². The van der Waals surface area contributed by atoms with E-state index < -0.39 is 0 Å². The second-order valence-corrected chi connectivity index (χ2v) is 2.95. The summed E-state index contributed by atoms with van der Waals surface area (Å²) < 4.78 is 0. The van der Waals surface area contributed by atoms with Crippen LogP contribution >= 0.6 is 11.3 Å². The lowest BCUT2D eigenvalue weighted by molar-refractivity contribution is -0.116. The number of hydrogen-bond acceptors (Lipinski definition) is 4. The highest BCUT2D eigenvalue weighted by Gasteiger charge is 2.00. The normalized spacial score (nSPS) is 8.58. The molecule has 0 aliphatic rings. The Morgan fingerprint density at radius 2 is 2.25 bits per heavy atom. The van der Waals surface area contributed by atoms with Gasteiger partial charge >= 0.3 is 0 Å². The predicted octanol–water partition coefficient (Wildman–Crippen LogP) is 1.88. The van der Waals surface area contributed by atoms with Crippen molar-refractivity contribution in [1.82, 2.24) is 4.98 Å². The van der Waals surface area contributed by atoms with Gasteiger partial charge in [-0.3, -0.25) is 4.79 Å². The van der Waals surface area contributed by atoms with Crippen molar-refractivity contribution < 1.29 is 4.79 Å². The summed E-state index contributed by atoms with van der Waals surface area (Å²) >= 11 is 1.36. The molecule has 0 saturated heterocycles. The second-order valence-electron chi connectivity index (χ2n) is 2.06. The van der Waals surface area contributed by atoms with Gasteiger partial charge in [0.2, 0.25) is 0 Å². The minimum Gasteiger partial charge on any atom is -0.375 e. The monoisotopic (exact) mass is 186 g/mol. The molecule has 1 rings (SSSR count). The maximum atomic E-state index is 10.5. The van der Waals surface area contributed by atoms with Crippen molar-refractivity contribution in [2.75, 3.05) is 5.73 Å². The molecule has 68 valence electrons. The number of thiazole rings is 1. The lowest BCUT2D eigenvalue weighted by Gasteiger charge is -1.86. The minimum atomic E-state index is 0.116. The maximum absolute atomic E-state index is 10.5. The van der Waals surface area contributed by atoms with Gasteiger partial charge in [0.05, 0.1) is 5.69 Å². The summed E-state index contributed by atoms with van der Waals surface area (Å²) in [5, 5.41) is 2.33. The van der Waals surface area contributed by atoms with E-state index in [1.54, 1.807) is 5.38 Å². The number of aromatic nitrogens is 1. The van der Waals surface area contributed by atoms with E-state index in [4.69, 9.17) is 5.73 Å². The molecule has 0 unspecified atom stereocenters. The molecule has 1 heterocycles. The number of Topliss-reactive ketones (excluding diaryl/α,β-unsaturated/α-hetero) is 1. The highest BCUT2D eigenvalue weighted by molar-refractivity contribution is 7.13. The number of hydrogen-bond donors (Lipinski definition) is 1. The van der Waals surface area contributed by atoms with Crippen LogP contribution in [-0.4, -0.2) is 10.8 Å². The van der Waals surface area contributed by atoms with Crippen LogP contribution in [0.4, 0.5) is 5.13 Å². The van der Waals surface area contributed by atoms with Crippen LogP contribution in [0.3, 0.4) is 0 Å². The summed E-state index contributed by atoms with van der Waals surface area (Å²) in [4.78, 5) is 14.5. The van der Waals surface area contributed by atoms with E-state index >= 15 is 0 Å². The number of nitrogens with two attached hydrogens (primary N) is 1. The van der Waals surface area contributed by atoms with E-state index in [1.165, 1.54) is 18.3 Å². The van der Waals surface area contributed by atoms with Crippen molar-refractivity contribution in [3.05, 3.63) is 11.1 Å². The maximum Gasteiger partial charge on any atom is 0.180 e. The molecule has 0 amide bonds. The molecule has 1 aromatic heterocycles. The van der Waals surface area contributed by atoms with Crippen molar-refractivity contribution >= 4 is 22.3 Å². The molecule has 0 radical (unpaired) electrons. The first kappa shape index (κ1) is 11.1. The molecule has 0 spiro atoms. The van der Waals surface area contributed by atoms with Gasteiger partial charge in [-0.15, -0.1) is 11.3 Å². The summed E-state index contributed by atoms with van der Waals surface area (Å²) in [5.74, 6) is 0.116. The molecule has 4 heteroatoms. The Kier molecular flexibility index (Phi) is 5.28. The van der Waals surface area contributed by atoms with Gasteiger partial charge in [-0.05, 0) is 6.92 Å². The van der Waals surface area contributed by atoms with Crippen LogP contribution < -0.4 is 5.73 Å². The molecule has 12 heavy (non-hydrogen) atoms. The van der Waals surface area contributed by atoms with Gasteiger partial charge < -0.3 is 5.73 Å². The van der Waals surface area contributed by atoms with Crippen LogP contribution in [0.5, 0.6) is 0 Å². The Bertz CT molecular complexity index is 245. The number of anilines is 1. The Labute approximate surface area is 76.6 Å². The van der Waals surface area contributed by atoms with Crippen LogP contribution in [-0.2, 0) is 11.2 Å². The highest BCUT2D eigenvalue weighted by atomic mass is 32.1. The Balaban J connectivity index is 0.000000561. The quantitative estimate of drug-likeness (QED) is 0.767. The van der Waals surface area contributed by atoms with Crippen molar-refractivity contribution in [3.8, 4) is 0 Å². The van der Waals surface area contributed by atoms with E-state index in [2.05, 4.69) is 4.98 Å². The van der Waals surface area contributed by atoms with E-state index in [0.717, 1.165) is 5.69 Å². The lowest BCUT2D eigenvalue weighted by Crippen LogP contribution is -1.96. The molecule has 0 aromatic carbocycles. The zero-order chi connectivity index (χ0) is 9.56. The van der Waals surface area contributed by atoms with Crippen molar-refractivity contribution in [3.63, 3.8) is 0 Å². The van der Waals surface area contributed by atoms with Gasteiger partial charge in [0, 0.05) is 11.8 Å². The fraction of sp³-hybridized carbons (Fsp3) is 0.500. The molecule has 0 fully saturated rings. The number of nitrogen functional groups attached to an aromatic ring is 1. The first-order chi connectivity index (χ1) is 5.68. The van der Waals surface area contributed by atoms with Crippen LogP contribution in [0, 0.1) is 0 Å². The van der Waals surface area contributed by atoms with Crippen LogP contribution in [0.1, 0.15) is 26.5 Å². The predicted molar refractivity (Wildman–Crippen MR) is 52.3 cm³/mol. The number of nitrogens with zero attached hydrogens (tertiary/aromatic N) is 1. The zero-order valence-electron chi connectivity index (χ0n) is 7.63. The summed E-state index contributed by atoms with van der Waals surface area (Å²) in [6.45, 7) is 5.54.